The van der Waals surface area contributed by atoms with Crippen molar-refractivity contribution >= 4 is 11.2 Å². The van der Waals surface area contributed by atoms with Crippen molar-refractivity contribution < 1.29 is 0 Å². The van der Waals surface area contributed by atoms with Gasteiger partial charge in [-0.3, -0.25) is 0 Å². The predicted octanol–water partition coefficient (Wildman–Crippen LogP) is 2.91. The van der Waals surface area contributed by atoms with Crippen LogP contribution >= 0.6 is 0 Å². The summed E-state index contributed by atoms with van der Waals surface area (Å²) in [4.78, 5) is 11.2. The molecule has 0 bridgehead atoms. The number of hydrogen-bond donors (Lipinski definition) is 0. The molecule has 1 fully saturated rings. The fourth-order valence-electron chi connectivity index (χ4n) is 3.31. The average Bonchev–Trinajstić information content (AvgIpc) is 3.20. The Labute approximate surface area is 134 Å². The number of nitrogens with zero attached hydrogens (tertiary/aromatic N) is 5. The zero-order valence-corrected chi connectivity index (χ0v) is 13.0. The number of pyridine rings is 1. The van der Waals surface area contributed by atoms with Gasteiger partial charge in [0.15, 0.2) is 11.8 Å². The van der Waals surface area contributed by atoms with E-state index in [0.29, 0.717) is 5.92 Å². The van der Waals surface area contributed by atoms with Crippen molar-refractivity contribution in [1.29, 1.82) is 5.26 Å². The molecule has 0 amide bonds. The van der Waals surface area contributed by atoms with Crippen molar-refractivity contribution in [2.45, 2.75) is 12.3 Å². The van der Waals surface area contributed by atoms with Gasteiger partial charge in [-0.05, 0) is 18.1 Å². The molecule has 0 saturated carbocycles. The Balaban J connectivity index is 1.75. The molecule has 1 aromatic carbocycles. The first kappa shape index (κ1) is 13.8. The third-order valence-electron chi connectivity index (χ3n) is 4.55. The van der Waals surface area contributed by atoms with Gasteiger partial charge in [-0.2, -0.15) is 5.26 Å². The number of rotatable bonds is 2. The lowest BCUT2D eigenvalue weighted by atomic mass is 10.1. The topological polar surface area (TPSA) is 57.7 Å². The molecule has 2 aromatic heterocycles. The third kappa shape index (κ3) is 2.33. The van der Waals surface area contributed by atoms with E-state index in [2.05, 4.69) is 33.9 Å². The van der Waals surface area contributed by atoms with Gasteiger partial charge in [0.05, 0.1) is 0 Å². The van der Waals surface area contributed by atoms with E-state index in [0.717, 1.165) is 47.6 Å². The van der Waals surface area contributed by atoms with Gasteiger partial charge in [0.1, 0.15) is 11.3 Å². The summed E-state index contributed by atoms with van der Waals surface area (Å²) in [6.07, 6.45) is 5.10. The summed E-state index contributed by atoms with van der Waals surface area (Å²) in [5.74, 6) is 1.32. The van der Waals surface area contributed by atoms with Crippen LogP contribution in [0.4, 0.5) is 0 Å². The molecule has 0 radical (unpaired) electrons. The highest BCUT2D eigenvalue weighted by Crippen LogP contribution is 2.29. The van der Waals surface area contributed by atoms with E-state index in [1.165, 1.54) is 0 Å². The van der Waals surface area contributed by atoms with Gasteiger partial charge in [0.25, 0.3) is 0 Å². The van der Waals surface area contributed by atoms with Crippen molar-refractivity contribution in [2.75, 3.05) is 13.1 Å². The molecule has 1 atom stereocenters. The first-order valence-corrected chi connectivity index (χ1v) is 7.78. The van der Waals surface area contributed by atoms with Crippen LogP contribution in [-0.2, 0) is 7.05 Å². The van der Waals surface area contributed by atoms with Crippen LogP contribution in [0, 0.1) is 11.5 Å². The second-order valence-corrected chi connectivity index (χ2v) is 5.99. The van der Waals surface area contributed by atoms with Crippen LogP contribution in [0.15, 0.2) is 42.6 Å². The minimum absolute atomic E-state index is 0.300. The molecular formula is C18H17N5. The molecule has 23 heavy (non-hydrogen) atoms. The Hall–Kier alpha value is -2.87. The molecule has 0 aliphatic carbocycles. The zero-order chi connectivity index (χ0) is 15.8. The summed E-state index contributed by atoms with van der Waals surface area (Å²) in [6.45, 7) is 1.56. The molecule has 114 valence electrons. The van der Waals surface area contributed by atoms with E-state index in [-0.39, 0.29) is 0 Å². The smallest absolute Gasteiger partial charge is 0.179 e. The molecule has 5 nitrogen and oxygen atoms in total. The molecule has 1 aliphatic heterocycles. The summed E-state index contributed by atoms with van der Waals surface area (Å²) in [5.41, 5.74) is 4.03. The molecule has 3 aromatic rings. The Kier molecular flexibility index (Phi) is 3.23. The molecule has 1 unspecified atom stereocenters. The minimum atomic E-state index is 0.300. The first-order chi connectivity index (χ1) is 11.3. The monoisotopic (exact) mass is 303 g/mol. The minimum Gasteiger partial charge on any atom is -0.316 e. The number of hydrogen-bond acceptors (Lipinski definition) is 4. The number of aryl methyl sites for hydroxylation is 1. The van der Waals surface area contributed by atoms with Crippen molar-refractivity contribution in [2.24, 2.45) is 7.05 Å². The van der Waals surface area contributed by atoms with E-state index in [1.54, 1.807) is 4.90 Å². The van der Waals surface area contributed by atoms with Crippen LogP contribution in [-0.4, -0.2) is 32.5 Å². The van der Waals surface area contributed by atoms with Crippen molar-refractivity contribution in [1.82, 2.24) is 19.4 Å². The summed E-state index contributed by atoms with van der Waals surface area (Å²) < 4.78 is 2.07. The Bertz CT molecular complexity index is 891. The highest BCUT2D eigenvalue weighted by molar-refractivity contribution is 5.78. The Morgan fingerprint density at radius 1 is 1.22 bits per heavy atom. The van der Waals surface area contributed by atoms with E-state index in [4.69, 9.17) is 10.2 Å². The van der Waals surface area contributed by atoms with Gasteiger partial charge in [-0.1, -0.05) is 30.3 Å². The summed E-state index contributed by atoms with van der Waals surface area (Å²) in [6, 6.07) is 12.3. The SMILES string of the molecule is Cn1c(C2CCN(C#N)C2)nc2cc(-c3ccccc3)cnc21. The normalized spacial score (nSPS) is 17.6. The van der Waals surface area contributed by atoms with Crippen LogP contribution in [0.5, 0.6) is 0 Å². The summed E-state index contributed by atoms with van der Waals surface area (Å²) >= 11 is 0. The predicted molar refractivity (Wildman–Crippen MR) is 88.5 cm³/mol. The maximum Gasteiger partial charge on any atom is 0.179 e. The standard InChI is InChI=1S/C18H17N5/c1-22-17(14-7-8-23(11-14)12-19)21-16-9-15(10-20-18(16)22)13-5-3-2-4-6-13/h2-6,9-10,14H,7-8,11H2,1H3. The van der Waals surface area contributed by atoms with E-state index >= 15 is 0 Å². The van der Waals surface area contributed by atoms with Crippen LogP contribution in [0.25, 0.3) is 22.3 Å². The van der Waals surface area contributed by atoms with E-state index in [9.17, 15) is 0 Å². The van der Waals surface area contributed by atoms with Gasteiger partial charge in [-0.15, -0.1) is 0 Å². The molecule has 1 aliphatic rings. The maximum absolute atomic E-state index is 9.04. The van der Waals surface area contributed by atoms with Crippen LogP contribution in [0.3, 0.4) is 0 Å². The largest absolute Gasteiger partial charge is 0.316 e. The molecule has 1 saturated heterocycles. The van der Waals surface area contributed by atoms with Gasteiger partial charge < -0.3 is 9.47 Å². The van der Waals surface area contributed by atoms with Crippen LogP contribution in [0.2, 0.25) is 0 Å². The lowest BCUT2D eigenvalue weighted by Gasteiger charge is -2.09. The third-order valence-corrected chi connectivity index (χ3v) is 4.55. The fourth-order valence-corrected chi connectivity index (χ4v) is 3.31. The van der Waals surface area contributed by atoms with Crippen LogP contribution in [0.1, 0.15) is 18.2 Å². The zero-order valence-electron chi connectivity index (χ0n) is 13.0. The summed E-state index contributed by atoms with van der Waals surface area (Å²) in [7, 11) is 2.01. The van der Waals surface area contributed by atoms with Crippen molar-refractivity contribution in [3.05, 3.63) is 48.4 Å². The van der Waals surface area contributed by atoms with Gasteiger partial charge >= 0.3 is 0 Å². The number of imidazole rings is 1. The first-order valence-electron chi connectivity index (χ1n) is 7.78. The van der Waals surface area contributed by atoms with E-state index in [1.807, 2.05) is 31.4 Å². The lowest BCUT2D eigenvalue weighted by Crippen LogP contribution is -2.14. The van der Waals surface area contributed by atoms with Crippen molar-refractivity contribution in [3.63, 3.8) is 0 Å². The van der Waals surface area contributed by atoms with Gasteiger partial charge in [-0.25, -0.2) is 9.97 Å². The molecule has 5 heteroatoms. The Morgan fingerprint density at radius 3 is 2.78 bits per heavy atom. The molecule has 0 spiro atoms. The highest BCUT2D eigenvalue weighted by Gasteiger charge is 2.27. The molecule has 3 heterocycles. The lowest BCUT2D eigenvalue weighted by molar-refractivity contribution is 0.474. The quantitative estimate of drug-likeness (QED) is 0.683. The second-order valence-electron chi connectivity index (χ2n) is 5.99. The summed E-state index contributed by atoms with van der Waals surface area (Å²) in [5, 5.41) is 9.04. The number of likely N-dealkylation sites (tertiary alicyclic amines) is 1. The molecule has 4 rings (SSSR count). The maximum atomic E-state index is 9.04. The number of nitriles is 1. The van der Waals surface area contributed by atoms with E-state index < -0.39 is 0 Å². The van der Waals surface area contributed by atoms with Gasteiger partial charge in [0, 0.05) is 37.8 Å². The molecular weight excluding hydrogens is 286 g/mol. The van der Waals surface area contributed by atoms with Crippen molar-refractivity contribution in [3.8, 4) is 17.3 Å². The van der Waals surface area contributed by atoms with Gasteiger partial charge in [0.2, 0.25) is 0 Å². The number of fused-ring (bicyclic) bond motifs is 1. The highest BCUT2D eigenvalue weighted by atomic mass is 15.2. The Morgan fingerprint density at radius 2 is 2.04 bits per heavy atom. The second kappa shape index (κ2) is 5.40. The number of benzene rings is 1. The fraction of sp³-hybridized carbons (Fsp3) is 0.278. The van der Waals surface area contributed by atoms with Crippen LogP contribution < -0.4 is 0 Å². The molecule has 0 N–H and O–H groups in total. The average molecular weight is 303 g/mol. The number of aromatic nitrogens is 3.